The van der Waals surface area contributed by atoms with Crippen molar-refractivity contribution >= 4 is 5.96 Å². The second-order valence-corrected chi connectivity index (χ2v) is 8.00. The summed E-state index contributed by atoms with van der Waals surface area (Å²) in [6.45, 7) is 10.8. The van der Waals surface area contributed by atoms with Crippen molar-refractivity contribution in [2.45, 2.75) is 46.2 Å². The summed E-state index contributed by atoms with van der Waals surface area (Å²) in [6.07, 6.45) is 1.15. The van der Waals surface area contributed by atoms with Crippen LogP contribution in [0.15, 0.2) is 35.3 Å². The van der Waals surface area contributed by atoms with E-state index in [-0.39, 0.29) is 0 Å². The summed E-state index contributed by atoms with van der Waals surface area (Å²) in [5.41, 5.74) is 4.96. The number of guanidine groups is 1. The molecular formula is C23H35N5O. The Morgan fingerprint density at radius 1 is 1.28 bits per heavy atom. The quantitative estimate of drug-likeness (QED) is 0.600. The van der Waals surface area contributed by atoms with E-state index < -0.39 is 0 Å². The molecule has 0 amide bonds. The van der Waals surface area contributed by atoms with Gasteiger partial charge in [0.2, 0.25) is 0 Å². The number of methoxy groups -OCH3 is 1. The zero-order valence-electron chi connectivity index (χ0n) is 18.5. The number of hydrogen-bond donors (Lipinski definition) is 1. The minimum Gasteiger partial charge on any atom is -0.383 e. The second kappa shape index (κ2) is 9.92. The van der Waals surface area contributed by atoms with E-state index in [2.05, 4.69) is 71.4 Å². The highest BCUT2D eigenvalue weighted by Gasteiger charge is 2.28. The molecule has 0 aliphatic carbocycles. The molecule has 6 heteroatoms. The van der Waals surface area contributed by atoms with Crippen LogP contribution in [-0.2, 0) is 17.8 Å². The zero-order valence-corrected chi connectivity index (χ0v) is 18.5. The Hall–Kier alpha value is -2.34. The summed E-state index contributed by atoms with van der Waals surface area (Å²) in [7, 11) is 3.60. The average Bonchev–Trinajstić information content (AvgIpc) is 3.00. The molecular weight excluding hydrogens is 362 g/mol. The van der Waals surface area contributed by atoms with Crippen LogP contribution in [-0.4, -0.2) is 54.5 Å². The molecule has 1 aliphatic heterocycles. The third kappa shape index (κ3) is 4.99. The van der Waals surface area contributed by atoms with Gasteiger partial charge in [0, 0.05) is 45.0 Å². The minimum atomic E-state index is 0.588. The number of benzene rings is 1. The highest BCUT2D eigenvalue weighted by molar-refractivity contribution is 5.80. The first-order chi connectivity index (χ1) is 14.0. The third-order valence-corrected chi connectivity index (χ3v) is 6.11. The summed E-state index contributed by atoms with van der Waals surface area (Å²) in [5.74, 6) is 2.19. The first kappa shape index (κ1) is 21.4. The van der Waals surface area contributed by atoms with Gasteiger partial charge in [-0.2, -0.15) is 5.10 Å². The van der Waals surface area contributed by atoms with E-state index in [1.54, 1.807) is 7.11 Å². The van der Waals surface area contributed by atoms with Crippen molar-refractivity contribution in [2.75, 3.05) is 33.9 Å². The minimum absolute atomic E-state index is 0.588. The highest BCUT2D eigenvalue weighted by Crippen LogP contribution is 2.32. The van der Waals surface area contributed by atoms with Crippen LogP contribution < -0.4 is 5.32 Å². The van der Waals surface area contributed by atoms with Crippen molar-refractivity contribution in [3.05, 3.63) is 52.8 Å². The molecule has 6 nitrogen and oxygen atoms in total. The second-order valence-electron chi connectivity index (χ2n) is 8.00. The Balaban J connectivity index is 1.61. The number of likely N-dealkylation sites (tertiary alicyclic amines) is 1. The number of piperidine rings is 1. The Labute approximate surface area is 175 Å². The Morgan fingerprint density at radius 2 is 2.03 bits per heavy atom. The standard InChI is InChI=1S/C23H35N5O/c1-17-16-27(12-11-21(17)20-9-7-6-8-10-20)23(24-4)25-15-22-18(2)26-28(19(22)3)13-14-29-5/h6-10,17,21H,11-16H2,1-5H3,(H,24,25). The van der Waals surface area contributed by atoms with Crippen LogP contribution >= 0.6 is 0 Å². The summed E-state index contributed by atoms with van der Waals surface area (Å²) in [4.78, 5) is 6.95. The van der Waals surface area contributed by atoms with Crippen LogP contribution in [0.5, 0.6) is 0 Å². The van der Waals surface area contributed by atoms with Crippen molar-refractivity contribution in [1.29, 1.82) is 0 Å². The van der Waals surface area contributed by atoms with E-state index in [1.807, 2.05) is 11.7 Å². The first-order valence-corrected chi connectivity index (χ1v) is 10.6. The fourth-order valence-corrected chi connectivity index (χ4v) is 4.42. The lowest BCUT2D eigenvalue weighted by atomic mass is 9.82. The Bertz CT molecular complexity index is 814. The number of nitrogens with zero attached hydrogens (tertiary/aromatic N) is 4. The maximum atomic E-state index is 5.19. The van der Waals surface area contributed by atoms with Gasteiger partial charge in [-0.15, -0.1) is 0 Å². The van der Waals surface area contributed by atoms with Crippen LogP contribution in [0.1, 0.15) is 41.8 Å². The number of nitrogens with one attached hydrogen (secondary N) is 1. The third-order valence-electron chi connectivity index (χ3n) is 6.11. The molecule has 1 N–H and O–H groups in total. The molecule has 2 heterocycles. The monoisotopic (exact) mass is 397 g/mol. The predicted molar refractivity (Wildman–Crippen MR) is 118 cm³/mol. The van der Waals surface area contributed by atoms with E-state index in [9.17, 15) is 0 Å². The molecule has 2 unspecified atom stereocenters. The SMILES string of the molecule is CN=C(NCc1c(C)nn(CCOC)c1C)N1CCC(c2ccccc2)C(C)C1. The van der Waals surface area contributed by atoms with Crippen LogP contribution in [0, 0.1) is 19.8 Å². The first-order valence-electron chi connectivity index (χ1n) is 10.6. The number of aryl methyl sites for hydroxylation is 1. The lowest BCUT2D eigenvalue weighted by Crippen LogP contribution is -2.47. The number of aromatic nitrogens is 2. The van der Waals surface area contributed by atoms with Crippen LogP contribution in [0.25, 0.3) is 0 Å². The van der Waals surface area contributed by atoms with Gasteiger partial charge in [0.05, 0.1) is 18.8 Å². The molecule has 2 aromatic rings. The molecule has 0 bridgehead atoms. The van der Waals surface area contributed by atoms with Gasteiger partial charge in [0.1, 0.15) is 0 Å². The molecule has 0 saturated carbocycles. The summed E-state index contributed by atoms with van der Waals surface area (Å²) in [5, 5.41) is 8.24. The molecule has 0 spiro atoms. The van der Waals surface area contributed by atoms with Crippen molar-refractivity contribution < 1.29 is 4.74 Å². The Morgan fingerprint density at radius 3 is 2.69 bits per heavy atom. The van der Waals surface area contributed by atoms with E-state index >= 15 is 0 Å². The molecule has 1 aromatic carbocycles. The van der Waals surface area contributed by atoms with Gasteiger partial charge < -0.3 is 15.0 Å². The van der Waals surface area contributed by atoms with Gasteiger partial charge in [0.25, 0.3) is 0 Å². The number of aliphatic imine (C=N–C) groups is 1. The lowest BCUT2D eigenvalue weighted by Gasteiger charge is -2.39. The molecule has 1 aromatic heterocycles. The average molecular weight is 398 g/mol. The summed E-state index contributed by atoms with van der Waals surface area (Å²) < 4.78 is 7.23. The van der Waals surface area contributed by atoms with Crippen molar-refractivity contribution in [1.82, 2.24) is 20.0 Å². The molecule has 29 heavy (non-hydrogen) atoms. The van der Waals surface area contributed by atoms with E-state index in [1.165, 1.54) is 16.8 Å². The van der Waals surface area contributed by atoms with Crippen molar-refractivity contribution in [3.63, 3.8) is 0 Å². The molecule has 3 rings (SSSR count). The number of rotatable bonds is 6. The number of ether oxygens (including phenoxy) is 1. The lowest BCUT2D eigenvalue weighted by molar-refractivity contribution is 0.182. The van der Waals surface area contributed by atoms with Gasteiger partial charge in [-0.3, -0.25) is 9.67 Å². The molecule has 0 radical (unpaired) electrons. The van der Waals surface area contributed by atoms with Gasteiger partial charge in [-0.1, -0.05) is 37.3 Å². The van der Waals surface area contributed by atoms with Gasteiger partial charge in [-0.25, -0.2) is 0 Å². The summed E-state index contributed by atoms with van der Waals surface area (Å²) >= 11 is 0. The molecule has 2 atom stereocenters. The predicted octanol–water partition coefficient (Wildman–Crippen LogP) is 3.35. The smallest absolute Gasteiger partial charge is 0.193 e. The van der Waals surface area contributed by atoms with Crippen LogP contribution in [0.4, 0.5) is 0 Å². The topological polar surface area (TPSA) is 54.7 Å². The largest absolute Gasteiger partial charge is 0.383 e. The van der Waals surface area contributed by atoms with E-state index in [0.29, 0.717) is 18.4 Å². The van der Waals surface area contributed by atoms with Gasteiger partial charge >= 0.3 is 0 Å². The van der Waals surface area contributed by atoms with Gasteiger partial charge in [0.15, 0.2) is 5.96 Å². The highest BCUT2D eigenvalue weighted by atomic mass is 16.5. The van der Waals surface area contributed by atoms with Gasteiger partial charge in [-0.05, 0) is 37.7 Å². The summed E-state index contributed by atoms with van der Waals surface area (Å²) in [6, 6.07) is 10.9. The maximum absolute atomic E-state index is 5.19. The molecule has 1 fully saturated rings. The van der Waals surface area contributed by atoms with Crippen molar-refractivity contribution in [3.8, 4) is 0 Å². The molecule has 158 valence electrons. The molecule has 1 saturated heterocycles. The van der Waals surface area contributed by atoms with Crippen LogP contribution in [0.2, 0.25) is 0 Å². The normalized spacial score (nSPS) is 20.2. The fourth-order valence-electron chi connectivity index (χ4n) is 4.42. The van der Waals surface area contributed by atoms with E-state index in [0.717, 1.165) is 44.3 Å². The van der Waals surface area contributed by atoms with Crippen molar-refractivity contribution in [2.24, 2.45) is 10.9 Å². The zero-order chi connectivity index (χ0) is 20.8. The Kier molecular flexibility index (Phi) is 7.31. The van der Waals surface area contributed by atoms with Crippen LogP contribution in [0.3, 0.4) is 0 Å². The number of hydrogen-bond acceptors (Lipinski definition) is 3. The maximum Gasteiger partial charge on any atom is 0.193 e. The molecule has 1 aliphatic rings. The van der Waals surface area contributed by atoms with E-state index in [4.69, 9.17) is 4.74 Å². The fraction of sp³-hybridized carbons (Fsp3) is 0.565.